The maximum Gasteiger partial charge on any atom is 0.137 e. The fraction of sp³-hybridized carbons (Fsp3) is 0.357. The van der Waals surface area contributed by atoms with Crippen molar-refractivity contribution in [2.24, 2.45) is 5.73 Å². The maximum atomic E-state index is 11.7. The highest BCUT2D eigenvalue weighted by molar-refractivity contribution is 5.81. The molecule has 1 rings (SSSR count). The third-order valence-corrected chi connectivity index (χ3v) is 2.56. The van der Waals surface area contributed by atoms with Gasteiger partial charge in [-0.05, 0) is 24.5 Å². The second kappa shape index (κ2) is 6.23. The monoisotopic (exact) mass is 217 g/mol. The Hall–Kier alpha value is -1.41. The number of rotatable bonds is 6. The summed E-state index contributed by atoms with van der Waals surface area (Å²) in [5, 5.41) is 0. The summed E-state index contributed by atoms with van der Waals surface area (Å²) in [4.78, 5) is 11.7. The standard InChI is InChI=1S/C14H19NO/c1-11(2)7-8-14(16)9-12-5-3-4-6-13(12)10-15/h3-6H,1,7-10,15H2,2H3. The van der Waals surface area contributed by atoms with Crippen LogP contribution in [-0.4, -0.2) is 5.78 Å². The fourth-order valence-corrected chi connectivity index (χ4v) is 1.58. The molecule has 0 aliphatic carbocycles. The molecule has 0 saturated heterocycles. The van der Waals surface area contributed by atoms with Gasteiger partial charge in [-0.2, -0.15) is 0 Å². The molecule has 0 fully saturated rings. The van der Waals surface area contributed by atoms with Crippen molar-refractivity contribution in [2.45, 2.75) is 32.7 Å². The van der Waals surface area contributed by atoms with Gasteiger partial charge in [0.05, 0.1) is 0 Å². The normalized spacial score (nSPS) is 10.1. The van der Waals surface area contributed by atoms with Crippen molar-refractivity contribution in [1.29, 1.82) is 0 Å². The lowest BCUT2D eigenvalue weighted by atomic mass is 9.99. The Bertz CT molecular complexity index is 382. The van der Waals surface area contributed by atoms with Gasteiger partial charge in [0.25, 0.3) is 0 Å². The highest BCUT2D eigenvalue weighted by Gasteiger charge is 2.06. The van der Waals surface area contributed by atoms with Crippen LogP contribution in [-0.2, 0) is 17.8 Å². The average molecular weight is 217 g/mol. The molecule has 2 nitrogen and oxygen atoms in total. The van der Waals surface area contributed by atoms with E-state index in [1.807, 2.05) is 31.2 Å². The Balaban J connectivity index is 2.58. The Morgan fingerprint density at radius 2 is 1.88 bits per heavy atom. The van der Waals surface area contributed by atoms with E-state index in [4.69, 9.17) is 5.73 Å². The molecule has 2 N–H and O–H groups in total. The summed E-state index contributed by atoms with van der Waals surface area (Å²) in [5.74, 6) is 0.254. The summed E-state index contributed by atoms with van der Waals surface area (Å²) >= 11 is 0. The number of allylic oxidation sites excluding steroid dienone is 1. The van der Waals surface area contributed by atoms with Crippen LogP contribution >= 0.6 is 0 Å². The number of ketones is 1. The summed E-state index contributed by atoms with van der Waals surface area (Å²) in [6, 6.07) is 7.84. The van der Waals surface area contributed by atoms with Crippen molar-refractivity contribution < 1.29 is 4.79 Å². The van der Waals surface area contributed by atoms with Crippen LogP contribution in [0.15, 0.2) is 36.4 Å². The van der Waals surface area contributed by atoms with Gasteiger partial charge in [0.1, 0.15) is 5.78 Å². The van der Waals surface area contributed by atoms with Gasteiger partial charge >= 0.3 is 0 Å². The van der Waals surface area contributed by atoms with Crippen molar-refractivity contribution in [3.05, 3.63) is 47.5 Å². The van der Waals surface area contributed by atoms with Crippen molar-refractivity contribution in [3.63, 3.8) is 0 Å². The molecule has 0 unspecified atom stereocenters. The molecule has 0 aromatic heterocycles. The number of nitrogens with two attached hydrogens (primary N) is 1. The molecular formula is C14H19NO. The molecule has 0 amide bonds. The molecule has 1 aromatic carbocycles. The molecule has 0 bridgehead atoms. The predicted molar refractivity (Wildman–Crippen MR) is 67.1 cm³/mol. The van der Waals surface area contributed by atoms with E-state index in [2.05, 4.69) is 6.58 Å². The van der Waals surface area contributed by atoms with Crippen molar-refractivity contribution in [3.8, 4) is 0 Å². The van der Waals surface area contributed by atoms with E-state index >= 15 is 0 Å². The Morgan fingerprint density at radius 1 is 1.25 bits per heavy atom. The number of Topliss-reactive ketones (excluding diaryl/α,β-unsaturated/α-hetero) is 1. The highest BCUT2D eigenvalue weighted by Crippen LogP contribution is 2.11. The van der Waals surface area contributed by atoms with Crippen molar-refractivity contribution in [1.82, 2.24) is 0 Å². The molecule has 0 radical (unpaired) electrons. The summed E-state index contributed by atoms with van der Waals surface area (Å²) in [7, 11) is 0. The van der Waals surface area contributed by atoms with E-state index in [0.29, 0.717) is 19.4 Å². The molecule has 86 valence electrons. The van der Waals surface area contributed by atoms with Crippen molar-refractivity contribution in [2.75, 3.05) is 0 Å². The van der Waals surface area contributed by atoms with Crippen LogP contribution in [0.25, 0.3) is 0 Å². The van der Waals surface area contributed by atoms with Crippen LogP contribution in [0.1, 0.15) is 30.9 Å². The first-order valence-corrected chi connectivity index (χ1v) is 5.56. The molecule has 0 saturated carbocycles. The molecule has 0 heterocycles. The van der Waals surface area contributed by atoms with E-state index in [9.17, 15) is 4.79 Å². The maximum absolute atomic E-state index is 11.7. The van der Waals surface area contributed by atoms with Crippen molar-refractivity contribution >= 4 is 5.78 Å². The fourth-order valence-electron chi connectivity index (χ4n) is 1.58. The first-order chi connectivity index (χ1) is 7.63. The topological polar surface area (TPSA) is 43.1 Å². The van der Waals surface area contributed by atoms with Crippen LogP contribution < -0.4 is 5.73 Å². The summed E-state index contributed by atoms with van der Waals surface area (Å²) < 4.78 is 0. The van der Waals surface area contributed by atoms with Gasteiger partial charge in [-0.25, -0.2) is 0 Å². The number of carbonyl (C=O) groups excluding carboxylic acids is 1. The average Bonchev–Trinajstić information content (AvgIpc) is 2.27. The first-order valence-electron chi connectivity index (χ1n) is 5.56. The summed E-state index contributed by atoms with van der Waals surface area (Å²) in [6.45, 7) is 6.23. The van der Waals surface area contributed by atoms with Gasteiger partial charge in [-0.3, -0.25) is 4.79 Å². The molecule has 0 aliphatic rings. The molecule has 0 atom stereocenters. The first kappa shape index (κ1) is 12.7. The van der Waals surface area contributed by atoms with Gasteiger partial charge in [-0.1, -0.05) is 29.8 Å². The lowest BCUT2D eigenvalue weighted by Gasteiger charge is -2.06. The van der Waals surface area contributed by atoms with Gasteiger partial charge in [0.15, 0.2) is 0 Å². The number of hydrogen-bond donors (Lipinski definition) is 1. The van der Waals surface area contributed by atoms with Crippen LogP contribution in [0.5, 0.6) is 0 Å². The van der Waals surface area contributed by atoms with Crippen LogP contribution in [0.4, 0.5) is 0 Å². The molecule has 0 aliphatic heterocycles. The SMILES string of the molecule is C=C(C)CCC(=O)Cc1ccccc1CN. The second-order valence-corrected chi connectivity index (χ2v) is 4.15. The largest absolute Gasteiger partial charge is 0.326 e. The van der Waals surface area contributed by atoms with Gasteiger partial charge in [0.2, 0.25) is 0 Å². The minimum absolute atomic E-state index is 0.254. The second-order valence-electron chi connectivity index (χ2n) is 4.15. The lowest BCUT2D eigenvalue weighted by Crippen LogP contribution is -2.07. The molecule has 1 aromatic rings. The third kappa shape index (κ3) is 3.99. The van der Waals surface area contributed by atoms with Gasteiger partial charge in [-0.15, -0.1) is 6.58 Å². The van der Waals surface area contributed by atoms with E-state index in [-0.39, 0.29) is 5.78 Å². The predicted octanol–water partition coefficient (Wildman–Crippen LogP) is 2.61. The molecular weight excluding hydrogens is 198 g/mol. The smallest absolute Gasteiger partial charge is 0.137 e. The molecule has 0 spiro atoms. The quantitative estimate of drug-likeness (QED) is 0.744. The zero-order valence-electron chi connectivity index (χ0n) is 9.83. The van der Waals surface area contributed by atoms with Gasteiger partial charge < -0.3 is 5.73 Å². The zero-order chi connectivity index (χ0) is 12.0. The van der Waals surface area contributed by atoms with E-state index in [1.165, 1.54) is 0 Å². The van der Waals surface area contributed by atoms with Crippen LogP contribution in [0.2, 0.25) is 0 Å². The minimum atomic E-state index is 0.254. The number of carbonyl (C=O) groups is 1. The zero-order valence-corrected chi connectivity index (χ0v) is 9.83. The highest BCUT2D eigenvalue weighted by atomic mass is 16.1. The minimum Gasteiger partial charge on any atom is -0.326 e. The molecule has 2 heteroatoms. The Kier molecular flexibility index (Phi) is 4.93. The van der Waals surface area contributed by atoms with E-state index in [0.717, 1.165) is 23.1 Å². The Labute approximate surface area is 97.2 Å². The summed E-state index contributed by atoms with van der Waals surface area (Å²) in [6.07, 6.45) is 1.85. The molecule has 16 heavy (non-hydrogen) atoms. The Morgan fingerprint density at radius 3 is 2.44 bits per heavy atom. The number of benzene rings is 1. The van der Waals surface area contributed by atoms with Crippen LogP contribution in [0.3, 0.4) is 0 Å². The van der Waals surface area contributed by atoms with E-state index in [1.54, 1.807) is 0 Å². The lowest BCUT2D eigenvalue weighted by molar-refractivity contribution is -0.118. The summed E-state index contributed by atoms with van der Waals surface area (Å²) in [5.41, 5.74) is 8.79. The van der Waals surface area contributed by atoms with Crippen LogP contribution in [0, 0.1) is 0 Å². The number of hydrogen-bond acceptors (Lipinski definition) is 2. The van der Waals surface area contributed by atoms with Gasteiger partial charge in [0, 0.05) is 19.4 Å². The van der Waals surface area contributed by atoms with E-state index < -0.39 is 0 Å². The third-order valence-electron chi connectivity index (χ3n) is 2.56.